The quantitative estimate of drug-likeness (QED) is 0.639. The molecule has 0 bridgehead atoms. The number of benzene rings is 1. The van der Waals surface area contributed by atoms with Crippen molar-refractivity contribution in [1.29, 1.82) is 0 Å². The molecule has 0 saturated carbocycles. The number of rotatable bonds is 3. The van der Waals surface area contributed by atoms with Crippen LogP contribution in [0.25, 0.3) is 0 Å². The molecule has 2 amide bonds. The third-order valence-electron chi connectivity index (χ3n) is 2.85. The highest BCUT2D eigenvalue weighted by molar-refractivity contribution is 5.78. The van der Waals surface area contributed by atoms with E-state index >= 15 is 0 Å². The summed E-state index contributed by atoms with van der Waals surface area (Å²) in [6, 6.07) is 3.75. The lowest BCUT2D eigenvalue weighted by atomic mass is 10.0. The number of amides is 2. The van der Waals surface area contributed by atoms with Crippen LogP contribution in [0.5, 0.6) is 0 Å². The SMILES string of the molecule is CC1=C([N+](=O)[O-])C(c2cccc([N+](=O)[O-])c2)NC(=O)N1. The molecule has 9 heteroatoms. The Kier molecular flexibility index (Phi) is 3.34. The number of nitrogens with one attached hydrogen (secondary N) is 2. The van der Waals surface area contributed by atoms with Gasteiger partial charge in [0.05, 0.1) is 15.5 Å². The summed E-state index contributed by atoms with van der Waals surface area (Å²) in [5.41, 5.74) is -0.0592. The van der Waals surface area contributed by atoms with Gasteiger partial charge in [-0.05, 0) is 12.5 Å². The largest absolute Gasteiger partial charge is 0.321 e. The molecule has 2 N–H and O–H groups in total. The van der Waals surface area contributed by atoms with Crippen LogP contribution < -0.4 is 10.6 Å². The van der Waals surface area contributed by atoms with Crippen molar-refractivity contribution < 1.29 is 14.6 Å². The minimum absolute atomic E-state index is 0.107. The Hall–Kier alpha value is -2.97. The van der Waals surface area contributed by atoms with Crippen LogP contribution in [0.3, 0.4) is 0 Å². The zero-order valence-corrected chi connectivity index (χ0v) is 10.3. The van der Waals surface area contributed by atoms with Gasteiger partial charge in [-0.3, -0.25) is 20.2 Å². The number of nitro benzene ring substituents is 1. The minimum Gasteiger partial charge on any atom is -0.321 e. The molecule has 1 aliphatic heterocycles. The zero-order chi connectivity index (χ0) is 14.9. The third kappa shape index (κ3) is 2.41. The first-order valence-corrected chi connectivity index (χ1v) is 5.57. The molecule has 1 unspecified atom stereocenters. The van der Waals surface area contributed by atoms with Crippen molar-refractivity contribution in [3.8, 4) is 0 Å². The molecule has 9 nitrogen and oxygen atoms in total. The van der Waals surface area contributed by atoms with Gasteiger partial charge in [0.15, 0.2) is 0 Å². The summed E-state index contributed by atoms with van der Waals surface area (Å²) in [6.07, 6.45) is 0. The lowest BCUT2D eigenvalue weighted by Gasteiger charge is -2.23. The summed E-state index contributed by atoms with van der Waals surface area (Å²) in [5, 5.41) is 26.5. The van der Waals surface area contributed by atoms with E-state index in [-0.39, 0.29) is 22.6 Å². The molecule has 0 aliphatic carbocycles. The van der Waals surface area contributed by atoms with E-state index in [4.69, 9.17) is 0 Å². The van der Waals surface area contributed by atoms with Crippen LogP contribution in [-0.2, 0) is 0 Å². The molecule has 20 heavy (non-hydrogen) atoms. The van der Waals surface area contributed by atoms with Gasteiger partial charge in [0, 0.05) is 12.1 Å². The Morgan fingerprint density at radius 1 is 1.20 bits per heavy atom. The van der Waals surface area contributed by atoms with Gasteiger partial charge in [-0.2, -0.15) is 0 Å². The van der Waals surface area contributed by atoms with E-state index in [2.05, 4.69) is 10.6 Å². The third-order valence-corrected chi connectivity index (χ3v) is 2.85. The van der Waals surface area contributed by atoms with Gasteiger partial charge in [-0.1, -0.05) is 12.1 Å². The summed E-state index contributed by atoms with van der Waals surface area (Å²) in [6.45, 7) is 1.40. The van der Waals surface area contributed by atoms with E-state index < -0.39 is 21.9 Å². The molecule has 1 aliphatic rings. The molecule has 1 aromatic rings. The fourth-order valence-corrected chi connectivity index (χ4v) is 1.99. The highest BCUT2D eigenvalue weighted by Crippen LogP contribution is 2.28. The van der Waals surface area contributed by atoms with Crippen LogP contribution in [0, 0.1) is 20.2 Å². The number of carbonyl (C=O) groups is 1. The Balaban J connectivity index is 2.51. The average molecular weight is 278 g/mol. The Morgan fingerprint density at radius 2 is 1.90 bits per heavy atom. The molecule has 104 valence electrons. The predicted octanol–water partition coefficient (Wildman–Crippen LogP) is 1.46. The number of carbonyl (C=O) groups excluding carboxylic acids is 1. The molecule has 0 fully saturated rings. The van der Waals surface area contributed by atoms with Gasteiger partial charge >= 0.3 is 6.03 Å². The van der Waals surface area contributed by atoms with Gasteiger partial charge in [0.2, 0.25) is 0 Å². The fourth-order valence-electron chi connectivity index (χ4n) is 1.99. The lowest BCUT2D eigenvalue weighted by molar-refractivity contribution is -0.432. The lowest BCUT2D eigenvalue weighted by Crippen LogP contribution is -2.45. The van der Waals surface area contributed by atoms with Crippen molar-refractivity contribution in [1.82, 2.24) is 10.6 Å². The number of allylic oxidation sites excluding steroid dienone is 1. The second-order valence-electron chi connectivity index (χ2n) is 4.15. The van der Waals surface area contributed by atoms with Crippen LogP contribution >= 0.6 is 0 Å². The Morgan fingerprint density at radius 3 is 2.50 bits per heavy atom. The van der Waals surface area contributed by atoms with E-state index in [1.807, 2.05) is 0 Å². The number of non-ortho nitro benzene ring substituents is 1. The molecule has 0 aromatic heterocycles. The standard InChI is InChI=1S/C11H10N4O5/c1-6-10(15(19)20)9(13-11(16)12-6)7-3-2-4-8(5-7)14(17)18/h2-5,9H,1H3,(H2,12,13,16). The summed E-state index contributed by atoms with van der Waals surface area (Å²) < 4.78 is 0. The van der Waals surface area contributed by atoms with Crippen molar-refractivity contribution in [3.05, 3.63) is 61.5 Å². The molecule has 0 spiro atoms. The molecule has 1 atom stereocenters. The van der Waals surface area contributed by atoms with Gasteiger partial charge in [-0.15, -0.1) is 0 Å². The van der Waals surface area contributed by atoms with Crippen molar-refractivity contribution in [3.63, 3.8) is 0 Å². The van der Waals surface area contributed by atoms with Gasteiger partial charge in [0.1, 0.15) is 6.04 Å². The summed E-state index contributed by atoms with van der Waals surface area (Å²) in [5.74, 6) is 0. The highest BCUT2D eigenvalue weighted by atomic mass is 16.6. The minimum atomic E-state index is -1.03. The van der Waals surface area contributed by atoms with Gasteiger partial charge in [0.25, 0.3) is 11.4 Å². The maximum absolute atomic E-state index is 11.4. The smallest absolute Gasteiger partial charge is 0.320 e. The maximum Gasteiger partial charge on any atom is 0.320 e. The number of hydrogen-bond acceptors (Lipinski definition) is 5. The Labute approximate surface area is 112 Å². The fraction of sp³-hybridized carbons (Fsp3) is 0.182. The molecule has 1 aromatic carbocycles. The van der Waals surface area contributed by atoms with Crippen molar-refractivity contribution >= 4 is 11.7 Å². The second-order valence-corrected chi connectivity index (χ2v) is 4.15. The molecule has 0 radical (unpaired) electrons. The molecule has 1 heterocycles. The monoisotopic (exact) mass is 278 g/mol. The molecule has 0 saturated heterocycles. The van der Waals surface area contributed by atoms with E-state index in [1.54, 1.807) is 0 Å². The normalized spacial score (nSPS) is 18.2. The first-order chi connectivity index (χ1) is 9.40. The zero-order valence-electron chi connectivity index (χ0n) is 10.3. The van der Waals surface area contributed by atoms with Crippen LogP contribution in [0.1, 0.15) is 18.5 Å². The van der Waals surface area contributed by atoms with Crippen LogP contribution in [0.2, 0.25) is 0 Å². The second kappa shape index (κ2) is 4.96. The summed E-state index contributed by atoms with van der Waals surface area (Å²) in [4.78, 5) is 32.0. The van der Waals surface area contributed by atoms with Crippen molar-refractivity contribution in [2.75, 3.05) is 0 Å². The van der Waals surface area contributed by atoms with E-state index in [0.29, 0.717) is 0 Å². The molecular weight excluding hydrogens is 268 g/mol. The maximum atomic E-state index is 11.4. The molecule has 2 rings (SSSR count). The number of urea groups is 1. The van der Waals surface area contributed by atoms with Crippen molar-refractivity contribution in [2.45, 2.75) is 13.0 Å². The Bertz CT molecular complexity index is 639. The van der Waals surface area contributed by atoms with E-state index in [1.165, 1.54) is 31.2 Å². The van der Waals surface area contributed by atoms with E-state index in [0.717, 1.165) is 0 Å². The number of nitrogens with zero attached hydrogens (tertiary/aromatic N) is 2. The van der Waals surface area contributed by atoms with Crippen molar-refractivity contribution in [2.24, 2.45) is 0 Å². The summed E-state index contributed by atoms with van der Waals surface area (Å²) in [7, 11) is 0. The number of nitro groups is 2. The van der Waals surface area contributed by atoms with Gasteiger partial charge in [-0.25, -0.2) is 4.79 Å². The first-order valence-electron chi connectivity index (χ1n) is 5.57. The average Bonchev–Trinajstić information content (AvgIpc) is 2.37. The van der Waals surface area contributed by atoms with Crippen LogP contribution in [0.4, 0.5) is 10.5 Å². The molecular formula is C11H10N4O5. The first kappa shape index (κ1) is 13.5. The van der Waals surface area contributed by atoms with Crippen LogP contribution in [-0.4, -0.2) is 15.9 Å². The topological polar surface area (TPSA) is 127 Å². The number of hydrogen-bond donors (Lipinski definition) is 2. The van der Waals surface area contributed by atoms with Gasteiger partial charge < -0.3 is 10.6 Å². The predicted molar refractivity (Wildman–Crippen MR) is 67.2 cm³/mol. The highest BCUT2D eigenvalue weighted by Gasteiger charge is 2.35. The van der Waals surface area contributed by atoms with E-state index in [9.17, 15) is 25.0 Å². The summed E-state index contributed by atoms with van der Waals surface area (Å²) >= 11 is 0. The van der Waals surface area contributed by atoms with Crippen LogP contribution in [0.15, 0.2) is 35.7 Å².